The van der Waals surface area contributed by atoms with Gasteiger partial charge in [-0.05, 0) is 37.3 Å². The van der Waals surface area contributed by atoms with Crippen molar-refractivity contribution in [3.63, 3.8) is 0 Å². The highest BCUT2D eigenvalue weighted by atomic mass is 16.2. The Morgan fingerprint density at radius 3 is 2.95 bits per heavy atom. The minimum atomic E-state index is -0.319. The molecule has 6 nitrogen and oxygen atoms in total. The lowest BCUT2D eigenvalue weighted by Gasteiger charge is -2.03. The Balaban J connectivity index is 1.94. The number of H-pyrrole nitrogens is 1. The monoisotopic (exact) mass is 267 g/mol. The van der Waals surface area contributed by atoms with Crippen LogP contribution in [-0.2, 0) is 0 Å². The molecule has 20 heavy (non-hydrogen) atoms. The second kappa shape index (κ2) is 4.65. The lowest BCUT2D eigenvalue weighted by molar-refractivity contribution is 0.102. The number of anilines is 2. The number of aromatic nitrogens is 3. The van der Waals surface area contributed by atoms with E-state index in [-0.39, 0.29) is 5.91 Å². The van der Waals surface area contributed by atoms with Crippen LogP contribution in [0.1, 0.15) is 16.2 Å². The molecule has 3 rings (SSSR count). The first-order valence-corrected chi connectivity index (χ1v) is 6.12. The van der Waals surface area contributed by atoms with Gasteiger partial charge in [0.15, 0.2) is 5.69 Å². The molecule has 0 bridgehead atoms. The lowest BCUT2D eigenvalue weighted by Crippen LogP contribution is -2.14. The molecule has 2 heterocycles. The van der Waals surface area contributed by atoms with Gasteiger partial charge in [-0.15, -0.1) is 0 Å². The number of nitrogens with one attached hydrogen (secondary N) is 2. The number of nitrogen functional groups attached to an aromatic ring is 1. The zero-order valence-electron chi connectivity index (χ0n) is 10.8. The maximum atomic E-state index is 12.2. The number of benzene rings is 1. The number of fused-ring (bicyclic) bond motifs is 1. The molecule has 100 valence electrons. The van der Waals surface area contributed by atoms with Gasteiger partial charge in [-0.3, -0.25) is 9.89 Å². The number of hydrogen-bond donors (Lipinski definition) is 3. The highest BCUT2D eigenvalue weighted by molar-refractivity contribution is 6.11. The number of carbonyl (C=O) groups excluding carboxylic acids is 1. The van der Waals surface area contributed by atoms with E-state index in [2.05, 4.69) is 20.5 Å². The van der Waals surface area contributed by atoms with Crippen molar-refractivity contribution in [2.45, 2.75) is 6.92 Å². The third kappa shape index (κ3) is 2.18. The molecule has 4 N–H and O–H groups in total. The molecule has 0 unspecified atom stereocenters. The highest BCUT2D eigenvalue weighted by Gasteiger charge is 2.14. The third-order valence-electron chi connectivity index (χ3n) is 2.93. The van der Waals surface area contributed by atoms with Gasteiger partial charge in [0, 0.05) is 16.8 Å². The van der Waals surface area contributed by atoms with Crippen molar-refractivity contribution in [3.8, 4) is 0 Å². The number of carbonyl (C=O) groups is 1. The van der Waals surface area contributed by atoms with Crippen molar-refractivity contribution in [2.75, 3.05) is 11.1 Å². The zero-order valence-corrected chi connectivity index (χ0v) is 10.8. The van der Waals surface area contributed by atoms with Gasteiger partial charge in [-0.25, -0.2) is 4.98 Å². The van der Waals surface area contributed by atoms with E-state index >= 15 is 0 Å². The summed E-state index contributed by atoms with van der Waals surface area (Å²) in [5, 5.41) is 10.3. The number of hydrogen-bond acceptors (Lipinski definition) is 4. The van der Waals surface area contributed by atoms with Crippen molar-refractivity contribution in [2.24, 2.45) is 0 Å². The topological polar surface area (TPSA) is 96.7 Å². The molecule has 1 aromatic carbocycles. The minimum absolute atomic E-state index is 0.301. The van der Waals surface area contributed by atoms with Gasteiger partial charge >= 0.3 is 0 Å². The van der Waals surface area contributed by atoms with E-state index in [9.17, 15) is 4.79 Å². The number of rotatable bonds is 2. The Kier molecular flexibility index (Phi) is 2.83. The number of nitrogens with zero attached hydrogens (tertiary/aromatic N) is 2. The molecule has 0 aliphatic carbocycles. The Morgan fingerprint density at radius 2 is 2.15 bits per heavy atom. The van der Waals surface area contributed by atoms with Crippen LogP contribution in [0.5, 0.6) is 0 Å². The Labute approximate surface area is 115 Å². The molecule has 0 fully saturated rings. The van der Waals surface area contributed by atoms with Gasteiger partial charge in [-0.1, -0.05) is 6.07 Å². The molecule has 0 aliphatic rings. The van der Waals surface area contributed by atoms with E-state index in [1.165, 1.54) is 0 Å². The first kappa shape index (κ1) is 12.2. The summed E-state index contributed by atoms with van der Waals surface area (Å²) in [6, 6.07) is 10.7. The van der Waals surface area contributed by atoms with Crippen LogP contribution in [0.25, 0.3) is 10.9 Å². The summed E-state index contributed by atoms with van der Waals surface area (Å²) in [6.45, 7) is 1.86. The predicted molar refractivity (Wildman–Crippen MR) is 77.4 cm³/mol. The molecule has 0 saturated carbocycles. The van der Waals surface area contributed by atoms with Gasteiger partial charge in [0.25, 0.3) is 5.91 Å². The van der Waals surface area contributed by atoms with Gasteiger partial charge < -0.3 is 11.1 Å². The van der Waals surface area contributed by atoms with Crippen molar-refractivity contribution < 1.29 is 4.79 Å². The van der Waals surface area contributed by atoms with Crippen LogP contribution >= 0.6 is 0 Å². The van der Waals surface area contributed by atoms with Crippen LogP contribution in [0, 0.1) is 6.92 Å². The number of aryl methyl sites for hydroxylation is 1. The van der Waals surface area contributed by atoms with E-state index < -0.39 is 0 Å². The lowest BCUT2D eigenvalue weighted by atomic mass is 10.2. The minimum Gasteiger partial charge on any atom is -0.399 e. The molecule has 1 amide bonds. The maximum Gasteiger partial charge on any atom is 0.277 e. The molecule has 0 spiro atoms. The fourth-order valence-electron chi connectivity index (χ4n) is 1.99. The van der Waals surface area contributed by atoms with Gasteiger partial charge in [0.2, 0.25) is 0 Å². The van der Waals surface area contributed by atoms with E-state index in [1.54, 1.807) is 24.3 Å². The standard InChI is InChI=1S/C14H13N5O/c1-8-3-2-4-12(16-8)17-14(20)13-10-7-9(15)5-6-11(10)18-19-13/h2-7H,15H2,1H3,(H,18,19)(H,16,17,20). The highest BCUT2D eigenvalue weighted by Crippen LogP contribution is 2.19. The van der Waals surface area contributed by atoms with Gasteiger partial charge in [-0.2, -0.15) is 5.10 Å². The maximum absolute atomic E-state index is 12.2. The Bertz CT molecular complexity index is 793. The summed E-state index contributed by atoms with van der Waals surface area (Å²) >= 11 is 0. The molecule has 0 saturated heterocycles. The Morgan fingerprint density at radius 1 is 1.30 bits per heavy atom. The second-order valence-electron chi connectivity index (χ2n) is 4.50. The largest absolute Gasteiger partial charge is 0.399 e. The van der Waals surface area contributed by atoms with Crippen LogP contribution in [0.4, 0.5) is 11.5 Å². The van der Waals surface area contributed by atoms with E-state index in [0.717, 1.165) is 11.2 Å². The van der Waals surface area contributed by atoms with E-state index in [1.807, 2.05) is 19.1 Å². The van der Waals surface area contributed by atoms with Crippen molar-refractivity contribution >= 4 is 28.3 Å². The molecule has 3 aromatic rings. The third-order valence-corrected chi connectivity index (χ3v) is 2.93. The fourth-order valence-corrected chi connectivity index (χ4v) is 1.99. The number of amides is 1. The first-order chi connectivity index (χ1) is 9.63. The Hall–Kier alpha value is -2.89. The van der Waals surface area contributed by atoms with E-state index in [4.69, 9.17) is 5.73 Å². The van der Waals surface area contributed by atoms with Crippen LogP contribution in [0.3, 0.4) is 0 Å². The molecular formula is C14H13N5O. The molecule has 0 atom stereocenters. The number of nitrogens with two attached hydrogens (primary N) is 1. The average Bonchev–Trinajstić information content (AvgIpc) is 2.81. The fraction of sp³-hybridized carbons (Fsp3) is 0.0714. The summed E-state index contributed by atoms with van der Waals surface area (Å²) in [7, 11) is 0. The molecule has 6 heteroatoms. The molecule has 0 radical (unpaired) electrons. The summed E-state index contributed by atoms with van der Waals surface area (Å²) < 4.78 is 0. The van der Waals surface area contributed by atoms with Crippen molar-refractivity contribution in [1.29, 1.82) is 0 Å². The molecule has 0 aliphatic heterocycles. The van der Waals surface area contributed by atoms with Gasteiger partial charge in [0.05, 0.1) is 5.52 Å². The van der Waals surface area contributed by atoms with Crippen LogP contribution in [-0.4, -0.2) is 21.1 Å². The number of pyridine rings is 1. The average molecular weight is 267 g/mol. The van der Waals surface area contributed by atoms with Crippen LogP contribution < -0.4 is 11.1 Å². The predicted octanol–water partition coefficient (Wildman–Crippen LogP) is 2.10. The first-order valence-electron chi connectivity index (χ1n) is 6.12. The van der Waals surface area contributed by atoms with E-state index in [0.29, 0.717) is 22.6 Å². The smallest absolute Gasteiger partial charge is 0.277 e. The zero-order chi connectivity index (χ0) is 14.1. The SMILES string of the molecule is Cc1cccc(NC(=O)c2n[nH]c3ccc(N)cc23)n1. The summed E-state index contributed by atoms with van der Waals surface area (Å²) in [5.74, 6) is 0.176. The van der Waals surface area contributed by atoms with Crippen LogP contribution in [0.2, 0.25) is 0 Å². The van der Waals surface area contributed by atoms with Crippen LogP contribution in [0.15, 0.2) is 36.4 Å². The summed E-state index contributed by atoms with van der Waals surface area (Å²) in [6.07, 6.45) is 0. The second-order valence-corrected chi connectivity index (χ2v) is 4.50. The quantitative estimate of drug-likeness (QED) is 0.619. The molecule has 2 aromatic heterocycles. The van der Waals surface area contributed by atoms with Crippen molar-refractivity contribution in [1.82, 2.24) is 15.2 Å². The normalized spacial score (nSPS) is 10.7. The van der Waals surface area contributed by atoms with Gasteiger partial charge in [0.1, 0.15) is 5.82 Å². The number of aromatic amines is 1. The summed E-state index contributed by atoms with van der Waals surface area (Å²) in [5.41, 5.74) is 8.22. The van der Waals surface area contributed by atoms with Crippen molar-refractivity contribution in [3.05, 3.63) is 47.8 Å². The summed E-state index contributed by atoms with van der Waals surface area (Å²) in [4.78, 5) is 16.5. The molecular weight excluding hydrogens is 254 g/mol.